The lowest BCUT2D eigenvalue weighted by Crippen LogP contribution is -2.30. The molecule has 1 N–H and O–H groups in total. The third-order valence-electron chi connectivity index (χ3n) is 3.99. The van der Waals surface area contributed by atoms with Crippen molar-refractivity contribution in [3.8, 4) is 0 Å². The van der Waals surface area contributed by atoms with Crippen LogP contribution in [0.4, 0.5) is 11.6 Å². The van der Waals surface area contributed by atoms with Crippen LogP contribution in [0.25, 0.3) is 0 Å². The first-order valence-electron chi connectivity index (χ1n) is 8.08. The normalized spacial score (nSPS) is 17.7. The van der Waals surface area contributed by atoms with E-state index < -0.39 is 0 Å². The molecule has 1 fully saturated rings. The molecule has 0 aromatic carbocycles. The first kappa shape index (κ1) is 15.7. The van der Waals surface area contributed by atoms with Crippen LogP contribution in [0.3, 0.4) is 0 Å². The molecule has 122 valence electrons. The minimum absolute atomic E-state index is 0.338. The van der Waals surface area contributed by atoms with Crippen molar-refractivity contribution in [2.75, 3.05) is 37.0 Å². The van der Waals surface area contributed by atoms with E-state index in [4.69, 9.17) is 4.74 Å². The monoisotopic (exact) mass is 313 g/mol. The summed E-state index contributed by atoms with van der Waals surface area (Å²) >= 11 is 0. The van der Waals surface area contributed by atoms with Crippen molar-refractivity contribution in [1.82, 2.24) is 15.0 Å². The zero-order chi connectivity index (χ0) is 15.9. The summed E-state index contributed by atoms with van der Waals surface area (Å²) in [4.78, 5) is 15.2. The second-order valence-electron chi connectivity index (χ2n) is 5.81. The summed E-state index contributed by atoms with van der Waals surface area (Å²) in [5, 5.41) is 3.43. The van der Waals surface area contributed by atoms with Gasteiger partial charge in [-0.2, -0.15) is 0 Å². The van der Waals surface area contributed by atoms with Gasteiger partial charge in [0.1, 0.15) is 18.0 Å². The second-order valence-corrected chi connectivity index (χ2v) is 5.81. The Hall–Kier alpha value is -2.21. The molecule has 0 aliphatic carbocycles. The molecular weight excluding hydrogens is 290 g/mol. The summed E-state index contributed by atoms with van der Waals surface area (Å²) in [6.45, 7) is 2.47. The average Bonchev–Trinajstić information content (AvgIpc) is 2.62. The van der Waals surface area contributed by atoms with Gasteiger partial charge in [-0.15, -0.1) is 0 Å². The summed E-state index contributed by atoms with van der Waals surface area (Å²) in [5.74, 6) is 1.77. The van der Waals surface area contributed by atoms with Crippen molar-refractivity contribution in [3.63, 3.8) is 0 Å². The van der Waals surface area contributed by atoms with E-state index in [1.165, 1.54) is 0 Å². The number of anilines is 2. The SMILES string of the molecule is CN(CCc1ccccn1)c1cc(N[C@@H]2CCCOC2)ncn1. The third kappa shape index (κ3) is 4.63. The first-order chi connectivity index (χ1) is 11.3. The topological polar surface area (TPSA) is 63.2 Å². The molecule has 1 atom stereocenters. The van der Waals surface area contributed by atoms with Crippen molar-refractivity contribution in [2.24, 2.45) is 0 Å². The summed E-state index contributed by atoms with van der Waals surface area (Å²) in [6, 6.07) is 8.33. The zero-order valence-electron chi connectivity index (χ0n) is 13.5. The maximum Gasteiger partial charge on any atom is 0.133 e. The molecule has 1 aliphatic rings. The van der Waals surface area contributed by atoms with Crippen molar-refractivity contribution in [1.29, 1.82) is 0 Å². The molecule has 2 aromatic heterocycles. The molecule has 1 aliphatic heterocycles. The molecule has 0 radical (unpaired) electrons. The number of hydrogen-bond donors (Lipinski definition) is 1. The lowest BCUT2D eigenvalue weighted by atomic mass is 10.1. The van der Waals surface area contributed by atoms with E-state index in [1.54, 1.807) is 6.33 Å². The quantitative estimate of drug-likeness (QED) is 0.881. The Morgan fingerprint density at radius 3 is 3.04 bits per heavy atom. The number of nitrogens with one attached hydrogen (secondary N) is 1. The molecule has 2 aromatic rings. The molecule has 6 nitrogen and oxygen atoms in total. The van der Waals surface area contributed by atoms with Crippen LogP contribution < -0.4 is 10.2 Å². The molecule has 1 saturated heterocycles. The largest absolute Gasteiger partial charge is 0.379 e. The van der Waals surface area contributed by atoms with Gasteiger partial charge in [-0.05, 0) is 25.0 Å². The van der Waals surface area contributed by atoms with E-state index >= 15 is 0 Å². The van der Waals surface area contributed by atoms with Gasteiger partial charge >= 0.3 is 0 Å². The fourth-order valence-corrected chi connectivity index (χ4v) is 2.64. The van der Waals surface area contributed by atoms with E-state index in [0.29, 0.717) is 6.04 Å². The molecule has 0 bridgehead atoms. The minimum Gasteiger partial charge on any atom is -0.379 e. The Kier molecular flexibility index (Phi) is 5.37. The Balaban J connectivity index is 1.57. The molecule has 0 saturated carbocycles. The summed E-state index contributed by atoms with van der Waals surface area (Å²) < 4.78 is 5.50. The molecule has 3 heterocycles. The van der Waals surface area contributed by atoms with Gasteiger partial charge in [-0.3, -0.25) is 4.98 Å². The van der Waals surface area contributed by atoms with Gasteiger partial charge < -0.3 is 15.0 Å². The van der Waals surface area contributed by atoms with Crippen LogP contribution in [-0.4, -0.2) is 47.8 Å². The average molecular weight is 313 g/mol. The maximum absolute atomic E-state index is 5.50. The number of nitrogens with zero attached hydrogens (tertiary/aromatic N) is 4. The predicted molar refractivity (Wildman–Crippen MR) is 90.7 cm³/mol. The van der Waals surface area contributed by atoms with Crippen molar-refractivity contribution in [3.05, 3.63) is 42.5 Å². The Bertz CT molecular complexity index is 601. The smallest absolute Gasteiger partial charge is 0.133 e. The van der Waals surface area contributed by atoms with E-state index in [9.17, 15) is 0 Å². The van der Waals surface area contributed by atoms with Crippen LogP contribution in [0, 0.1) is 0 Å². The number of aromatic nitrogens is 3. The Morgan fingerprint density at radius 1 is 1.30 bits per heavy atom. The Labute approximate surface area is 136 Å². The fraction of sp³-hybridized carbons (Fsp3) is 0.471. The van der Waals surface area contributed by atoms with Gasteiger partial charge in [0.05, 0.1) is 12.6 Å². The third-order valence-corrected chi connectivity index (χ3v) is 3.99. The molecular formula is C17H23N5O. The van der Waals surface area contributed by atoms with Gasteiger partial charge in [-0.25, -0.2) is 9.97 Å². The summed E-state index contributed by atoms with van der Waals surface area (Å²) in [7, 11) is 2.04. The van der Waals surface area contributed by atoms with Crippen molar-refractivity contribution >= 4 is 11.6 Å². The molecule has 0 amide bonds. The van der Waals surface area contributed by atoms with Gasteiger partial charge in [-0.1, -0.05) is 6.07 Å². The highest BCUT2D eigenvalue weighted by atomic mass is 16.5. The molecule has 0 spiro atoms. The van der Waals surface area contributed by atoms with Gasteiger partial charge in [0.2, 0.25) is 0 Å². The van der Waals surface area contributed by atoms with Crippen LogP contribution in [0.5, 0.6) is 0 Å². The maximum atomic E-state index is 5.50. The predicted octanol–water partition coefficient (Wildman–Crippen LogP) is 2.14. The standard InChI is InChI=1S/C17H23N5O/c1-22(9-7-14-5-2-3-8-18-14)17-11-16(19-13-20-17)21-15-6-4-10-23-12-15/h2-3,5,8,11,13,15H,4,6-7,9-10,12H2,1H3,(H,19,20,21)/t15-/m1/s1. The van der Waals surface area contributed by atoms with E-state index in [-0.39, 0.29) is 0 Å². The van der Waals surface area contributed by atoms with Crippen LogP contribution in [0.2, 0.25) is 0 Å². The number of ether oxygens (including phenoxy) is 1. The van der Waals surface area contributed by atoms with E-state index in [1.807, 2.05) is 37.5 Å². The molecule has 23 heavy (non-hydrogen) atoms. The first-order valence-corrected chi connectivity index (χ1v) is 8.08. The minimum atomic E-state index is 0.338. The Morgan fingerprint density at radius 2 is 2.26 bits per heavy atom. The van der Waals surface area contributed by atoms with Crippen molar-refractivity contribution in [2.45, 2.75) is 25.3 Å². The lowest BCUT2D eigenvalue weighted by molar-refractivity contribution is 0.0875. The van der Waals surface area contributed by atoms with Crippen LogP contribution in [0.1, 0.15) is 18.5 Å². The molecule has 3 rings (SSSR count). The molecule has 6 heteroatoms. The van der Waals surface area contributed by atoms with Crippen LogP contribution in [-0.2, 0) is 11.2 Å². The van der Waals surface area contributed by atoms with E-state index in [2.05, 4.69) is 25.2 Å². The van der Waals surface area contributed by atoms with E-state index in [0.717, 1.165) is 56.4 Å². The fourth-order valence-electron chi connectivity index (χ4n) is 2.64. The van der Waals surface area contributed by atoms with Crippen LogP contribution in [0.15, 0.2) is 36.8 Å². The number of hydrogen-bond acceptors (Lipinski definition) is 6. The highest BCUT2D eigenvalue weighted by molar-refractivity contribution is 5.48. The number of pyridine rings is 1. The number of likely N-dealkylation sites (N-methyl/N-ethyl adjacent to an activating group) is 1. The zero-order valence-corrected chi connectivity index (χ0v) is 13.5. The van der Waals surface area contributed by atoms with Gasteiger partial charge in [0.15, 0.2) is 0 Å². The van der Waals surface area contributed by atoms with Gasteiger partial charge in [0, 0.05) is 44.6 Å². The lowest BCUT2D eigenvalue weighted by Gasteiger charge is -2.24. The van der Waals surface area contributed by atoms with Gasteiger partial charge in [0.25, 0.3) is 0 Å². The highest BCUT2D eigenvalue weighted by Gasteiger charge is 2.14. The second kappa shape index (κ2) is 7.87. The summed E-state index contributed by atoms with van der Waals surface area (Å²) in [6.07, 6.45) is 6.54. The van der Waals surface area contributed by atoms with Crippen LogP contribution >= 0.6 is 0 Å². The van der Waals surface area contributed by atoms with Crippen molar-refractivity contribution < 1.29 is 4.74 Å². The number of rotatable bonds is 6. The molecule has 0 unspecified atom stereocenters. The summed E-state index contributed by atoms with van der Waals surface area (Å²) in [5.41, 5.74) is 1.09. The highest BCUT2D eigenvalue weighted by Crippen LogP contribution is 2.16.